The maximum Gasteiger partial charge on any atom is 0.317 e. The molecule has 1 heterocycles. The molecule has 0 aliphatic carbocycles. The van der Waals surface area contributed by atoms with Crippen molar-refractivity contribution in [3.05, 3.63) is 44.3 Å². The van der Waals surface area contributed by atoms with Crippen LogP contribution in [0.2, 0.25) is 0 Å². The number of halogens is 1. The second-order valence-corrected chi connectivity index (χ2v) is 4.81. The molecule has 2 rings (SSSR count). The van der Waals surface area contributed by atoms with E-state index >= 15 is 0 Å². The summed E-state index contributed by atoms with van der Waals surface area (Å²) in [6, 6.07) is 5.15. The van der Waals surface area contributed by atoms with Gasteiger partial charge in [-0.1, -0.05) is 6.07 Å². The first-order chi connectivity index (χ1) is 8.63. The Bertz CT molecular complexity index is 582. The number of rotatable bonds is 4. The van der Waals surface area contributed by atoms with Crippen molar-refractivity contribution in [2.75, 3.05) is 11.9 Å². The Kier molecular flexibility index (Phi) is 3.80. The van der Waals surface area contributed by atoms with E-state index in [-0.39, 0.29) is 10.6 Å². The minimum atomic E-state index is -0.387. The third-order valence-corrected chi connectivity index (χ3v) is 2.92. The second-order valence-electron chi connectivity index (χ2n) is 3.56. The number of nitrogens with one attached hydrogen (secondary N) is 1. The van der Waals surface area contributed by atoms with Crippen LogP contribution >= 0.6 is 22.6 Å². The standard InChI is InChI=1S/C11H11IN4O2/c1-2-13-9-4-3-5-10(11(9)16(17)18)15-7-8(12)6-14-15/h3-7,13H,2H2,1H3. The fraction of sp³-hybridized carbons (Fsp3) is 0.182. The van der Waals surface area contributed by atoms with Gasteiger partial charge in [0.05, 0.1) is 14.7 Å². The van der Waals surface area contributed by atoms with E-state index in [9.17, 15) is 10.1 Å². The summed E-state index contributed by atoms with van der Waals surface area (Å²) < 4.78 is 2.44. The minimum absolute atomic E-state index is 0.0406. The Labute approximate surface area is 117 Å². The van der Waals surface area contributed by atoms with Crippen LogP contribution in [0.4, 0.5) is 11.4 Å². The van der Waals surface area contributed by atoms with Gasteiger partial charge in [-0.2, -0.15) is 5.10 Å². The Hall–Kier alpha value is -1.64. The topological polar surface area (TPSA) is 73.0 Å². The quantitative estimate of drug-likeness (QED) is 0.518. The van der Waals surface area contributed by atoms with Gasteiger partial charge in [-0.15, -0.1) is 0 Å². The molecule has 18 heavy (non-hydrogen) atoms. The first kappa shape index (κ1) is 12.8. The van der Waals surface area contributed by atoms with Crippen molar-refractivity contribution in [1.29, 1.82) is 0 Å². The summed E-state index contributed by atoms with van der Waals surface area (Å²) in [5.41, 5.74) is 1.01. The van der Waals surface area contributed by atoms with Gasteiger partial charge in [0.1, 0.15) is 11.4 Å². The number of hydrogen-bond acceptors (Lipinski definition) is 4. The molecule has 0 aliphatic heterocycles. The highest BCUT2D eigenvalue weighted by Gasteiger charge is 2.20. The second kappa shape index (κ2) is 5.34. The van der Waals surface area contributed by atoms with Gasteiger partial charge in [0.25, 0.3) is 0 Å². The molecule has 0 unspecified atom stereocenters. The fourth-order valence-electron chi connectivity index (χ4n) is 1.67. The van der Waals surface area contributed by atoms with Crippen molar-refractivity contribution in [3.8, 4) is 5.69 Å². The maximum absolute atomic E-state index is 11.2. The molecule has 0 saturated heterocycles. The third-order valence-electron chi connectivity index (χ3n) is 2.36. The fourth-order valence-corrected chi connectivity index (χ4v) is 2.06. The Balaban J connectivity index is 2.59. The number of nitro groups is 1. The molecule has 0 amide bonds. The average molecular weight is 358 g/mol. The molecule has 0 bridgehead atoms. The van der Waals surface area contributed by atoms with Crippen LogP contribution in [0.5, 0.6) is 0 Å². The molecule has 0 radical (unpaired) electrons. The van der Waals surface area contributed by atoms with Crippen molar-refractivity contribution in [1.82, 2.24) is 9.78 Å². The molecular weight excluding hydrogens is 347 g/mol. The van der Waals surface area contributed by atoms with Crippen LogP contribution in [0.3, 0.4) is 0 Å². The lowest BCUT2D eigenvalue weighted by Crippen LogP contribution is -2.06. The first-order valence-corrected chi connectivity index (χ1v) is 6.43. The molecule has 0 atom stereocenters. The highest BCUT2D eigenvalue weighted by atomic mass is 127. The average Bonchev–Trinajstić information content (AvgIpc) is 2.75. The first-order valence-electron chi connectivity index (χ1n) is 5.35. The Morgan fingerprint density at radius 1 is 1.56 bits per heavy atom. The van der Waals surface area contributed by atoms with Gasteiger partial charge >= 0.3 is 5.69 Å². The van der Waals surface area contributed by atoms with Gasteiger partial charge < -0.3 is 5.32 Å². The van der Waals surface area contributed by atoms with Gasteiger partial charge in [0.15, 0.2) is 0 Å². The minimum Gasteiger partial charge on any atom is -0.380 e. The molecule has 7 heteroatoms. The molecule has 0 spiro atoms. The van der Waals surface area contributed by atoms with Crippen molar-refractivity contribution in [2.45, 2.75) is 6.92 Å². The Morgan fingerprint density at radius 2 is 2.33 bits per heavy atom. The zero-order chi connectivity index (χ0) is 13.1. The lowest BCUT2D eigenvalue weighted by atomic mass is 10.2. The lowest BCUT2D eigenvalue weighted by Gasteiger charge is -2.08. The summed E-state index contributed by atoms with van der Waals surface area (Å²) in [5.74, 6) is 0. The maximum atomic E-state index is 11.2. The number of nitro benzene ring substituents is 1. The number of para-hydroxylation sites is 1. The van der Waals surface area contributed by atoms with E-state index in [4.69, 9.17) is 0 Å². The summed E-state index contributed by atoms with van der Waals surface area (Å²) in [6.45, 7) is 2.52. The molecule has 6 nitrogen and oxygen atoms in total. The number of hydrogen-bond donors (Lipinski definition) is 1. The van der Waals surface area contributed by atoms with Crippen LogP contribution in [0.15, 0.2) is 30.6 Å². The molecule has 1 N–H and O–H groups in total. The normalized spacial score (nSPS) is 10.3. The largest absolute Gasteiger partial charge is 0.380 e. The molecule has 0 fully saturated rings. The predicted molar refractivity (Wildman–Crippen MR) is 77.1 cm³/mol. The number of nitrogens with zero attached hydrogens (tertiary/aromatic N) is 3. The van der Waals surface area contributed by atoms with E-state index in [1.54, 1.807) is 30.6 Å². The highest BCUT2D eigenvalue weighted by Crippen LogP contribution is 2.31. The van der Waals surface area contributed by atoms with Crippen LogP contribution in [0.1, 0.15) is 6.92 Å². The van der Waals surface area contributed by atoms with Crippen molar-refractivity contribution < 1.29 is 4.92 Å². The number of benzene rings is 1. The zero-order valence-electron chi connectivity index (χ0n) is 9.63. The van der Waals surface area contributed by atoms with E-state index in [1.165, 1.54) is 4.68 Å². The van der Waals surface area contributed by atoms with E-state index < -0.39 is 0 Å². The SMILES string of the molecule is CCNc1cccc(-n2cc(I)cn2)c1[N+](=O)[O-]. The van der Waals surface area contributed by atoms with Gasteiger partial charge in [-0.05, 0) is 41.6 Å². The van der Waals surface area contributed by atoms with Crippen LogP contribution in [-0.4, -0.2) is 21.2 Å². The molecule has 1 aromatic heterocycles. The van der Waals surface area contributed by atoms with E-state index in [1.807, 2.05) is 6.92 Å². The van der Waals surface area contributed by atoms with Crippen LogP contribution < -0.4 is 5.32 Å². The number of aromatic nitrogens is 2. The predicted octanol–water partition coefficient (Wildman–Crippen LogP) is 2.82. The van der Waals surface area contributed by atoms with Crippen LogP contribution in [-0.2, 0) is 0 Å². The smallest absolute Gasteiger partial charge is 0.317 e. The van der Waals surface area contributed by atoms with E-state index in [2.05, 4.69) is 33.0 Å². The highest BCUT2D eigenvalue weighted by molar-refractivity contribution is 14.1. The monoisotopic (exact) mass is 358 g/mol. The van der Waals surface area contributed by atoms with Gasteiger partial charge in [-0.25, -0.2) is 4.68 Å². The summed E-state index contributed by atoms with van der Waals surface area (Å²) in [4.78, 5) is 10.8. The van der Waals surface area contributed by atoms with Crippen molar-refractivity contribution >= 4 is 34.0 Å². The van der Waals surface area contributed by atoms with Crippen molar-refractivity contribution in [3.63, 3.8) is 0 Å². The van der Waals surface area contributed by atoms with E-state index in [0.29, 0.717) is 17.9 Å². The van der Waals surface area contributed by atoms with Crippen LogP contribution in [0.25, 0.3) is 5.69 Å². The van der Waals surface area contributed by atoms with Gasteiger partial charge in [0, 0.05) is 12.7 Å². The molecule has 2 aromatic rings. The lowest BCUT2D eigenvalue weighted by molar-refractivity contribution is -0.383. The van der Waals surface area contributed by atoms with Crippen molar-refractivity contribution in [2.24, 2.45) is 0 Å². The summed E-state index contributed by atoms with van der Waals surface area (Å²) in [7, 11) is 0. The third kappa shape index (κ3) is 2.45. The van der Waals surface area contributed by atoms with Gasteiger partial charge in [0.2, 0.25) is 0 Å². The number of anilines is 1. The zero-order valence-corrected chi connectivity index (χ0v) is 11.8. The van der Waals surface area contributed by atoms with Crippen LogP contribution in [0, 0.1) is 13.7 Å². The molecule has 94 valence electrons. The Morgan fingerprint density at radius 3 is 2.89 bits per heavy atom. The molecule has 1 aromatic carbocycles. The molecule has 0 aliphatic rings. The summed E-state index contributed by atoms with van der Waals surface area (Å²) in [5, 5.41) is 18.3. The molecule has 0 saturated carbocycles. The summed E-state index contributed by atoms with van der Waals surface area (Å²) in [6.07, 6.45) is 3.41. The van der Waals surface area contributed by atoms with E-state index in [0.717, 1.165) is 3.57 Å². The molecular formula is C11H11IN4O2. The van der Waals surface area contributed by atoms with Gasteiger partial charge in [-0.3, -0.25) is 10.1 Å². The summed E-state index contributed by atoms with van der Waals surface area (Å²) >= 11 is 2.11.